The lowest BCUT2D eigenvalue weighted by molar-refractivity contribution is 0.241. The van der Waals surface area contributed by atoms with Crippen LogP contribution in [0.3, 0.4) is 0 Å². The Morgan fingerprint density at radius 2 is 2.04 bits per heavy atom. The summed E-state index contributed by atoms with van der Waals surface area (Å²) in [6, 6.07) is 8.06. The molecule has 1 heterocycles. The van der Waals surface area contributed by atoms with Gasteiger partial charge in [0.05, 0.1) is 12.3 Å². The zero-order valence-electron chi connectivity index (χ0n) is 14.9. The summed E-state index contributed by atoms with van der Waals surface area (Å²) in [6.45, 7) is 6.04. The number of ether oxygens (including phenoxy) is 1. The lowest BCUT2D eigenvalue weighted by Gasteiger charge is -2.13. The molecule has 0 bridgehead atoms. The highest BCUT2D eigenvalue weighted by atomic mass is 32.2. The monoisotopic (exact) mass is 368 g/mol. The molecule has 0 saturated carbocycles. The molecule has 0 fully saturated rings. The highest BCUT2D eigenvalue weighted by molar-refractivity contribution is 7.89. The molecule has 1 atom stereocenters. The van der Waals surface area contributed by atoms with Crippen molar-refractivity contribution in [1.82, 2.24) is 15.4 Å². The van der Waals surface area contributed by atoms with E-state index in [-0.39, 0.29) is 11.9 Å². The molecule has 2 rings (SSSR count). The molecule has 8 heteroatoms. The number of benzene rings is 1. The third kappa shape index (κ3) is 6.55. The van der Waals surface area contributed by atoms with E-state index < -0.39 is 10.0 Å². The molecule has 1 aliphatic heterocycles. The van der Waals surface area contributed by atoms with Gasteiger partial charge in [0, 0.05) is 26.1 Å². The fourth-order valence-electron chi connectivity index (χ4n) is 2.52. The number of guanidine groups is 1. The van der Waals surface area contributed by atoms with Crippen molar-refractivity contribution < 1.29 is 13.2 Å². The number of fused-ring (bicyclic) bond motifs is 1. The Bertz CT molecular complexity index is 651. The molecular formula is C17H28N4O3S. The Hall–Kier alpha value is -1.80. The van der Waals surface area contributed by atoms with E-state index in [1.807, 2.05) is 25.1 Å². The van der Waals surface area contributed by atoms with Crippen LogP contribution in [0.1, 0.15) is 25.8 Å². The van der Waals surface area contributed by atoms with E-state index in [1.165, 1.54) is 5.56 Å². The summed E-state index contributed by atoms with van der Waals surface area (Å²) in [5.74, 6) is 1.78. The first-order valence-electron chi connectivity index (χ1n) is 8.78. The van der Waals surface area contributed by atoms with E-state index >= 15 is 0 Å². The fraction of sp³-hybridized carbons (Fsp3) is 0.588. The number of nitrogens with one attached hydrogen (secondary N) is 3. The van der Waals surface area contributed by atoms with Gasteiger partial charge in [0.15, 0.2) is 5.96 Å². The van der Waals surface area contributed by atoms with Gasteiger partial charge in [-0.25, -0.2) is 18.1 Å². The molecule has 140 valence electrons. The lowest BCUT2D eigenvalue weighted by Crippen LogP contribution is -2.39. The number of aliphatic imine (C=N–C) groups is 1. The molecule has 1 aliphatic rings. The average Bonchev–Trinajstić information content (AvgIpc) is 3.02. The normalized spacial score (nSPS) is 17.0. The number of sulfonamides is 1. The maximum Gasteiger partial charge on any atom is 0.211 e. The van der Waals surface area contributed by atoms with Crippen LogP contribution in [0.25, 0.3) is 0 Å². The van der Waals surface area contributed by atoms with Gasteiger partial charge in [-0.2, -0.15) is 0 Å². The summed E-state index contributed by atoms with van der Waals surface area (Å²) in [6.07, 6.45) is 1.62. The molecule has 25 heavy (non-hydrogen) atoms. The molecule has 1 aromatic rings. The van der Waals surface area contributed by atoms with Crippen LogP contribution < -0.4 is 20.1 Å². The number of hydrogen-bond acceptors (Lipinski definition) is 4. The second-order valence-electron chi connectivity index (χ2n) is 5.85. The molecule has 0 saturated heterocycles. The van der Waals surface area contributed by atoms with Gasteiger partial charge in [-0.1, -0.05) is 18.2 Å². The van der Waals surface area contributed by atoms with Crippen molar-refractivity contribution in [2.75, 3.05) is 31.9 Å². The van der Waals surface area contributed by atoms with Crippen molar-refractivity contribution >= 4 is 16.0 Å². The van der Waals surface area contributed by atoms with Crippen LogP contribution in [0.2, 0.25) is 0 Å². The molecule has 0 radical (unpaired) electrons. The maximum absolute atomic E-state index is 11.4. The van der Waals surface area contributed by atoms with E-state index in [0.717, 1.165) is 24.7 Å². The molecule has 1 unspecified atom stereocenters. The van der Waals surface area contributed by atoms with Gasteiger partial charge in [0.25, 0.3) is 0 Å². The van der Waals surface area contributed by atoms with Crippen molar-refractivity contribution in [2.24, 2.45) is 4.99 Å². The Labute approximate surface area is 150 Å². The minimum absolute atomic E-state index is 0.0595. The molecule has 1 aromatic carbocycles. The largest absolute Gasteiger partial charge is 0.488 e. The molecule has 3 N–H and O–H groups in total. The number of rotatable bonds is 9. The third-order valence-corrected chi connectivity index (χ3v) is 5.26. The predicted octanol–water partition coefficient (Wildman–Crippen LogP) is 0.875. The first-order valence-corrected chi connectivity index (χ1v) is 10.4. The van der Waals surface area contributed by atoms with Crippen LogP contribution in [0.4, 0.5) is 0 Å². The van der Waals surface area contributed by atoms with Gasteiger partial charge in [0.2, 0.25) is 10.0 Å². The minimum Gasteiger partial charge on any atom is -0.488 e. The summed E-state index contributed by atoms with van der Waals surface area (Å²) in [4.78, 5) is 4.57. The first-order chi connectivity index (χ1) is 12.0. The Morgan fingerprint density at radius 1 is 1.24 bits per heavy atom. The second kappa shape index (κ2) is 9.62. The molecule has 0 amide bonds. The van der Waals surface area contributed by atoms with Crippen LogP contribution in [-0.2, 0) is 16.4 Å². The molecule has 0 aliphatic carbocycles. The smallest absolute Gasteiger partial charge is 0.211 e. The minimum atomic E-state index is -3.12. The number of hydrogen-bond donors (Lipinski definition) is 3. The van der Waals surface area contributed by atoms with Crippen LogP contribution in [-0.4, -0.2) is 52.4 Å². The van der Waals surface area contributed by atoms with Gasteiger partial charge >= 0.3 is 0 Å². The van der Waals surface area contributed by atoms with Gasteiger partial charge < -0.3 is 15.4 Å². The molecule has 7 nitrogen and oxygen atoms in total. The maximum atomic E-state index is 11.4. The average molecular weight is 369 g/mol. The van der Waals surface area contributed by atoms with E-state index in [1.54, 1.807) is 6.92 Å². The van der Waals surface area contributed by atoms with Crippen molar-refractivity contribution in [3.8, 4) is 5.75 Å². The fourth-order valence-corrected chi connectivity index (χ4v) is 3.17. The van der Waals surface area contributed by atoms with E-state index in [9.17, 15) is 8.42 Å². The van der Waals surface area contributed by atoms with Crippen LogP contribution in [0.5, 0.6) is 5.75 Å². The molecule has 0 spiro atoms. The number of para-hydroxylation sites is 1. The van der Waals surface area contributed by atoms with Gasteiger partial charge in [-0.3, -0.25) is 0 Å². The van der Waals surface area contributed by atoms with Crippen molar-refractivity contribution in [3.63, 3.8) is 0 Å². The Balaban J connectivity index is 1.74. The van der Waals surface area contributed by atoms with Gasteiger partial charge in [-0.15, -0.1) is 0 Å². The molecular weight excluding hydrogens is 340 g/mol. The topological polar surface area (TPSA) is 91.8 Å². The van der Waals surface area contributed by atoms with E-state index in [4.69, 9.17) is 4.74 Å². The summed E-state index contributed by atoms with van der Waals surface area (Å²) in [7, 11) is -3.12. The Kier molecular flexibility index (Phi) is 7.52. The third-order valence-electron chi connectivity index (χ3n) is 3.86. The van der Waals surface area contributed by atoms with Crippen molar-refractivity contribution in [2.45, 2.75) is 32.8 Å². The van der Waals surface area contributed by atoms with Crippen molar-refractivity contribution in [1.29, 1.82) is 0 Å². The summed E-state index contributed by atoms with van der Waals surface area (Å²) in [5, 5.41) is 6.41. The standard InChI is InChI=1S/C17H28N4O3S/c1-3-18-17(19-10-7-11-21-25(22,23)4-2)20-13-15-12-14-8-5-6-9-16(14)24-15/h5-6,8-9,15,21H,3-4,7,10-13H2,1-2H3,(H2,18,19,20). The summed E-state index contributed by atoms with van der Waals surface area (Å²) >= 11 is 0. The van der Waals surface area contributed by atoms with Gasteiger partial charge in [-0.05, 0) is 31.9 Å². The Morgan fingerprint density at radius 3 is 2.76 bits per heavy atom. The predicted molar refractivity (Wildman–Crippen MR) is 101 cm³/mol. The second-order valence-corrected chi connectivity index (χ2v) is 7.94. The van der Waals surface area contributed by atoms with Crippen LogP contribution in [0, 0.1) is 0 Å². The first kappa shape index (κ1) is 19.5. The zero-order chi connectivity index (χ0) is 18.1. The van der Waals surface area contributed by atoms with E-state index in [2.05, 4.69) is 26.4 Å². The quantitative estimate of drug-likeness (QED) is 0.342. The zero-order valence-corrected chi connectivity index (χ0v) is 15.7. The van der Waals surface area contributed by atoms with E-state index in [0.29, 0.717) is 26.1 Å². The van der Waals surface area contributed by atoms with Crippen LogP contribution in [0.15, 0.2) is 29.3 Å². The SMILES string of the molecule is CCNC(=NCC1Cc2ccccc2O1)NCCCNS(=O)(=O)CC. The molecule has 0 aromatic heterocycles. The van der Waals surface area contributed by atoms with Gasteiger partial charge in [0.1, 0.15) is 11.9 Å². The highest BCUT2D eigenvalue weighted by Crippen LogP contribution is 2.28. The lowest BCUT2D eigenvalue weighted by atomic mass is 10.1. The highest BCUT2D eigenvalue weighted by Gasteiger charge is 2.21. The summed E-state index contributed by atoms with van der Waals surface area (Å²) < 4.78 is 31.2. The van der Waals surface area contributed by atoms with Crippen molar-refractivity contribution in [3.05, 3.63) is 29.8 Å². The number of nitrogens with zero attached hydrogens (tertiary/aromatic N) is 1. The summed E-state index contributed by atoms with van der Waals surface area (Å²) in [5.41, 5.74) is 1.23. The van der Waals surface area contributed by atoms with Crippen LogP contribution >= 0.6 is 0 Å².